The standard InChI is InChI=1S/C11H26N4O/c1-10(8-13-14(2)3)11-9-15(6-7-16)5-4-12-11/h10-13,16H,4-9H2,1-3H3. The van der Waals surface area contributed by atoms with Crippen molar-refractivity contribution in [3.63, 3.8) is 0 Å². The molecule has 1 aliphatic rings. The minimum Gasteiger partial charge on any atom is -0.395 e. The molecule has 5 nitrogen and oxygen atoms in total. The molecule has 0 amide bonds. The lowest BCUT2D eigenvalue weighted by Gasteiger charge is -2.36. The van der Waals surface area contributed by atoms with E-state index in [-0.39, 0.29) is 6.61 Å². The number of piperazine rings is 1. The van der Waals surface area contributed by atoms with Crippen LogP contribution in [0.4, 0.5) is 0 Å². The Bertz CT molecular complexity index is 187. The summed E-state index contributed by atoms with van der Waals surface area (Å²) in [6, 6.07) is 0.521. The summed E-state index contributed by atoms with van der Waals surface area (Å²) >= 11 is 0. The lowest BCUT2D eigenvalue weighted by atomic mass is 10.00. The fourth-order valence-electron chi connectivity index (χ4n) is 2.04. The predicted molar refractivity (Wildman–Crippen MR) is 66.2 cm³/mol. The summed E-state index contributed by atoms with van der Waals surface area (Å²) in [4.78, 5) is 2.33. The Morgan fingerprint density at radius 3 is 2.94 bits per heavy atom. The van der Waals surface area contributed by atoms with E-state index in [0.29, 0.717) is 12.0 Å². The molecule has 1 saturated heterocycles. The van der Waals surface area contributed by atoms with Gasteiger partial charge in [-0.3, -0.25) is 15.3 Å². The van der Waals surface area contributed by atoms with Gasteiger partial charge in [-0.15, -0.1) is 0 Å². The van der Waals surface area contributed by atoms with Gasteiger partial charge in [0.1, 0.15) is 0 Å². The van der Waals surface area contributed by atoms with Crippen LogP contribution in [0.25, 0.3) is 0 Å². The summed E-state index contributed by atoms with van der Waals surface area (Å²) < 4.78 is 0. The number of nitrogens with one attached hydrogen (secondary N) is 2. The van der Waals surface area contributed by atoms with Crippen molar-refractivity contribution in [3.8, 4) is 0 Å². The second-order valence-corrected chi connectivity index (χ2v) is 4.82. The molecule has 1 rings (SSSR count). The van der Waals surface area contributed by atoms with Gasteiger partial charge in [-0.1, -0.05) is 6.92 Å². The average Bonchev–Trinajstić information content (AvgIpc) is 2.26. The number of aliphatic hydroxyl groups is 1. The Hall–Kier alpha value is -0.200. The van der Waals surface area contributed by atoms with Gasteiger partial charge in [0.15, 0.2) is 0 Å². The first kappa shape index (κ1) is 13.9. The van der Waals surface area contributed by atoms with Crippen LogP contribution in [-0.4, -0.2) is 74.5 Å². The summed E-state index contributed by atoms with van der Waals surface area (Å²) in [5, 5.41) is 14.5. The van der Waals surface area contributed by atoms with Gasteiger partial charge in [0.2, 0.25) is 0 Å². The third kappa shape index (κ3) is 4.76. The number of hydrogen-bond donors (Lipinski definition) is 3. The van der Waals surface area contributed by atoms with Crippen LogP contribution in [0.15, 0.2) is 0 Å². The molecule has 0 aromatic heterocycles. The maximum Gasteiger partial charge on any atom is 0.0558 e. The van der Waals surface area contributed by atoms with Crippen LogP contribution in [-0.2, 0) is 0 Å². The van der Waals surface area contributed by atoms with Crippen LogP contribution in [0.2, 0.25) is 0 Å². The SMILES string of the molecule is CC(CNN(C)C)C1CN(CCO)CCN1. The van der Waals surface area contributed by atoms with E-state index in [1.54, 1.807) is 0 Å². The van der Waals surface area contributed by atoms with Gasteiger partial charge in [-0.25, -0.2) is 0 Å². The highest BCUT2D eigenvalue weighted by Crippen LogP contribution is 2.08. The number of rotatable bonds is 6. The normalized spacial score (nSPS) is 24.9. The van der Waals surface area contributed by atoms with Crippen LogP contribution < -0.4 is 10.7 Å². The molecule has 0 aromatic rings. The molecule has 1 heterocycles. The Balaban J connectivity index is 2.28. The summed E-state index contributed by atoms with van der Waals surface area (Å²) in [6.45, 7) is 7.41. The number of aliphatic hydroxyl groups excluding tert-OH is 1. The second kappa shape index (κ2) is 7.19. The van der Waals surface area contributed by atoms with E-state index in [1.807, 2.05) is 19.1 Å². The van der Waals surface area contributed by atoms with E-state index in [4.69, 9.17) is 5.11 Å². The monoisotopic (exact) mass is 230 g/mol. The maximum absolute atomic E-state index is 8.94. The topological polar surface area (TPSA) is 50.8 Å². The van der Waals surface area contributed by atoms with Gasteiger partial charge in [0.05, 0.1) is 6.61 Å². The molecule has 0 spiro atoms. The van der Waals surface area contributed by atoms with Crippen LogP contribution >= 0.6 is 0 Å². The summed E-state index contributed by atoms with van der Waals surface area (Å²) in [7, 11) is 4.03. The third-order valence-corrected chi connectivity index (χ3v) is 3.12. The lowest BCUT2D eigenvalue weighted by molar-refractivity contribution is 0.132. The molecular weight excluding hydrogens is 204 g/mol. The van der Waals surface area contributed by atoms with Crippen molar-refractivity contribution in [2.24, 2.45) is 5.92 Å². The molecule has 2 unspecified atom stereocenters. The predicted octanol–water partition coefficient (Wildman–Crippen LogP) is -1.05. The zero-order chi connectivity index (χ0) is 12.0. The van der Waals surface area contributed by atoms with Crippen LogP contribution in [0.5, 0.6) is 0 Å². The van der Waals surface area contributed by atoms with Crippen molar-refractivity contribution in [2.45, 2.75) is 13.0 Å². The van der Waals surface area contributed by atoms with Gasteiger partial charge in [-0.05, 0) is 5.92 Å². The minimum absolute atomic E-state index is 0.261. The molecule has 0 aromatic carbocycles. The Morgan fingerprint density at radius 2 is 2.31 bits per heavy atom. The number of nitrogens with zero attached hydrogens (tertiary/aromatic N) is 2. The maximum atomic E-state index is 8.94. The summed E-state index contributed by atoms with van der Waals surface area (Å²) in [6.07, 6.45) is 0. The Kier molecular flexibility index (Phi) is 6.23. The summed E-state index contributed by atoms with van der Waals surface area (Å²) in [5.41, 5.74) is 3.31. The smallest absolute Gasteiger partial charge is 0.0558 e. The first-order valence-electron chi connectivity index (χ1n) is 6.11. The van der Waals surface area contributed by atoms with E-state index in [9.17, 15) is 0 Å². The van der Waals surface area contributed by atoms with Crippen molar-refractivity contribution in [1.82, 2.24) is 20.7 Å². The van der Waals surface area contributed by atoms with Gasteiger partial charge in [-0.2, -0.15) is 0 Å². The molecule has 16 heavy (non-hydrogen) atoms. The zero-order valence-electron chi connectivity index (χ0n) is 10.7. The van der Waals surface area contributed by atoms with E-state index in [2.05, 4.69) is 22.6 Å². The molecule has 1 aliphatic heterocycles. The largest absolute Gasteiger partial charge is 0.395 e. The average molecular weight is 230 g/mol. The fraction of sp³-hybridized carbons (Fsp3) is 1.00. The van der Waals surface area contributed by atoms with Gasteiger partial charge in [0.25, 0.3) is 0 Å². The molecular formula is C11H26N4O. The number of hydrazine groups is 1. The highest BCUT2D eigenvalue weighted by Gasteiger charge is 2.23. The molecule has 0 saturated carbocycles. The Labute approximate surface area is 98.8 Å². The van der Waals surface area contributed by atoms with Crippen LogP contribution in [0.1, 0.15) is 6.92 Å². The lowest BCUT2D eigenvalue weighted by Crippen LogP contribution is -2.55. The minimum atomic E-state index is 0.261. The first-order valence-corrected chi connectivity index (χ1v) is 6.11. The van der Waals surface area contributed by atoms with E-state index >= 15 is 0 Å². The van der Waals surface area contributed by atoms with Crippen molar-refractivity contribution in [3.05, 3.63) is 0 Å². The van der Waals surface area contributed by atoms with Crippen LogP contribution in [0.3, 0.4) is 0 Å². The van der Waals surface area contributed by atoms with Gasteiger partial charge < -0.3 is 10.4 Å². The second-order valence-electron chi connectivity index (χ2n) is 4.82. The molecule has 0 radical (unpaired) electrons. The van der Waals surface area contributed by atoms with Gasteiger partial charge in [0, 0.05) is 52.9 Å². The molecule has 3 N–H and O–H groups in total. The third-order valence-electron chi connectivity index (χ3n) is 3.12. The van der Waals surface area contributed by atoms with Crippen molar-refractivity contribution >= 4 is 0 Å². The fourth-order valence-corrected chi connectivity index (χ4v) is 2.04. The van der Waals surface area contributed by atoms with Crippen LogP contribution in [0, 0.1) is 5.92 Å². The molecule has 2 atom stereocenters. The zero-order valence-corrected chi connectivity index (χ0v) is 10.7. The molecule has 1 fully saturated rings. The molecule has 96 valence electrons. The van der Waals surface area contributed by atoms with Crippen molar-refractivity contribution in [2.75, 3.05) is 53.4 Å². The number of hydrogen-bond acceptors (Lipinski definition) is 5. The summed E-state index contributed by atoms with van der Waals surface area (Å²) in [5.74, 6) is 0.587. The molecule has 5 heteroatoms. The highest BCUT2D eigenvalue weighted by molar-refractivity contribution is 4.83. The van der Waals surface area contributed by atoms with Gasteiger partial charge >= 0.3 is 0 Å². The van der Waals surface area contributed by atoms with Crippen molar-refractivity contribution in [1.29, 1.82) is 0 Å². The van der Waals surface area contributed by atoms with E-state index in [0.717, 1.165) is 32.7 Å². The number of β-amino-alcohol motifs (C(OH)–C–C–N with tert-alkyl or cyclic N) is 1. The highest BCUT2D eigenvalue weighted by atomic mass is 16.3. The molecule has 0 aliphatic carbocycles. The molecule has 0 bridgehead atoms. The first-order chi connectivity index (χ1) is 7.63. The Morgan fingerprint density at radius 1 is 1.56 bits per heavy atom. The van der Waals surface area contributed by atoms with Crippen molar-refractivity contribution < 1.29 is 5.11 Å². The quantitative estimate of drug-likeness (QED) is 0.509. The van der Waals surface area contributed by atoms with E-state index in [1.165, 1.54) is 0 Å². The van der Waals surface area contributed by atoms with E-state index < -0.39 is 0 Å².